The zero-order valence-corrected chi connectivity index (χ0v) is 10.6. The van der Waals surface area contributed by atoms with Crippen molar-refractivity contribution in [3.05, 3.63) is 53.5 Å². The first-order chi connectivity index (χ1) is 9.19. The molecule has 0 saturated carbocycles. The molecule has 0 aliphatic carbocycles. The number of carbonyl (C=O) groups excluding carboxylic acids is 1. The Bertz CT molecular complexity index is 585. The van der Waals surface area contributed by atoms with Crippen LogP contribution < -0.4 is 16.6 Å². The van der Waals surface area contributed by atoms with Gasteiger partial charge in [0.25, 0.3) is 5.91 Å². The highest BCUT2D eigenvalue weighted by molar-refractivity contribution is 5.92. The van der Waals surface area contributed by atoms with Gasteiger partial charge >= 0.3 is 0 Å². The molecule has 1 aromatic carbocycles. The fourth-order valence-corrected chi connectivity index (χ4v) is 1.64. The van der Waals surface area contributed by atoms with Crippen molar-refractivity contribution in [2.24, 2.45) is 5.84 Å². The van der Waals surface area contributed by atoms with E-state index in [2.05, 4.69) is 20.7 Å². The molecule has 1 aromatic heterocycles. The minimum atomic E-state index is -0.286. The summed E-state index contributed by atoms with van der Waals surface area (Å²) in [6.07, 6.45) is 2.84. The standard InChI is InChI=1S/C13H15N5O/c1-9-3-2-4-10(5-9)6-16-13(19)11-7-15-8-12(17-11)18-14/h2-5,7-8H,6,14H2,1H3,(H,16,19)(H,17,18). The maximum Gasteiger partial charge on any atom is 0.271 e. The number of nitrogen functional groups attached to an aromatic ring is 1. The van der Waals surface area contributed by atoms with E-state index >= 15 is 0 Å². The minimum absolute atomic E-state index is 0.225. The van der Waals surface area contributed by atoms with E-state index in [1.54, 1.807) is 0 Å². The molecule has 0 atom stereocenters. The summed E-state index contributed by atoms with van der Waals surface area (Å²) in [5.74, 6) is 5.28. The second-order valence-corrected chi connectivity index (χ2v) is 4.11. The number of anilines is 1. The molecule has 0 spiro atoms. The number of nitrogens with two attached hydrogens (primary N) is 1. The first-order valence-corrected chi connectivity index (χ1v) is 5.81. The summed E-state index contributed by atoms with van der Waals surface area (Å²) < 4.78 is 0. The zero-order valence-electron chi connectivity index (χ0n) is 10.6. The average molecular weight is 257 g/mol. The largest absolute Gasteiger partial charge is 0.347 e. The average Bonchev–Trinajstić information content (AvgIpc) is 2.45. The smallest absolute Gasteiger partial charge is 0.271 e. The number of hydrazine groups is 1. The van der Waals surface area contributed by atoms with Crippen LogP contribution in [0.5, 0.6) is 0 Å². The number of aromatic nitrogens is 2. The SMILES string of the molecule is Cc1cccc(CNC(=O)c2cncc(NN)n2)c1. The first-order valence-electron chi connectivity index (χ1n) is 5.81. The van der Waals surface area contributed by atoms with Gasteiger partial charge in [-0.3, -0.25) is 9.78 Å². The Labute approximate surface area is 111 Å². The third-order valence-corrected chi connectivity index (χ3v) is 2.55. The molecule has 4 N–H and O–H groups in total. The van der Waals surface area contributed by atoms with Crippen molar-refractivity contribution >= 4 is 11.7 Å². The van der Waals surface area contributed by atoms with Crippen LogP contribution in [-0.2, 0) is 6.54 Å². The van der Waals surface area contributed by atoms with E-state index in [1.807, 2.05) is 31.2 Å². The maximum absolute atomic E-state index is 11.9. The van der Waals surface area contributed by atoms with E-state index in [1.165, 1.54) is 12.4 Å². The number of nitrogens with one attached hydrogen (secondary N) is 2. The molecule has 0 bridgehead atoms. The van der Waals surface area contributed by atoms with E-state index in [0.29, 0.717) is 12.4 Å². The van der Waals surface area contributed by atoms with Gasteiger partial charge in [0.2, 0.25) is 0 Å². The van der Waals surface area contributed by atoms with Crippen molar-refractivity contribution in [1.29, 1.82) is 0 Å². The van der Waals surface area contributed by atoms with Crippen LogP contribution in [0.2, 0.25) is 0 Å². The number of benzene rings is 1. The molecular weight excluding hydrogens is 242 g/mol. The number of rotatable bonds is 4. The Kier molecular flexibility index (Phi) is 4.04. The first kappa shape index (κ1) is 13.0. The van der Waals surface area contributed by atoms with Gasteiger partial charge in [-0.1, -0.05) is 29.8 Å². The molecule has 2 rings (SSSR count). The summed E-state index contributed by atoms with van der Waals surface area (Å²) in [4.78, 5) is 19.8. The molecule has 0 radical (unpaired) electrons. The molecule has 6 nitrogen and oxygen atoms in total. The number of hydrogen-bond acceptors (Lipinski definition) is 5. The van der Waals surface area contributed by atoms with Gasteiger partial charge in [0.1, 0.15) is 5.69 Å². The molecule has 1 amide bonds. The highest BCUT2D eigenvalue weighted by atomic mass is 16.1. The summed E-state index contributed by atoms with van der Waals surface area (Å²) >= 11 is 0. The second kappa shape index (κ2) is 5.92. The Morgan fingerprint density at radius 1 is 1.37 bits per heavy atom. The van der Waals surface area contributed by atoms with Gasteiger partial charge in [-0.15, -0.1) is 0 Å². The summed E-state index contributed by atoms with van der Waals surface area (Å²) in [6, 6.07) is 7.93. The van der Waals surface area contributed by atoms with Gasteiger partial charge in [0, 0.05) is 6.54 Å². The van der Waals surface area contributed by atoms with Crippen LogP contribution in [0.3, 0.4) is 0 Å². The predicted molar refractivity (Wildman–Crippen MR) is 72.2 cm³/mol. The highest BCUT2D eigenvalue weighted by Gasteiger charge is 2.08. The van der Waals surface area contributed by atoms with Gasteiger partial charge < -0.3 is 10.7 Å². The third kappa shape index (κ3) is 3.49. The van der Waals surface area contributed by atoms with Gasteiger partial charge in [-0.2, -0.15) is 0 Å². The molecule has 0 fully saturated rings. The summed E-state index contributed by atoms with van der Waals surface area (Å²) in [5.41, 5.74) is 4.77. The topological polar surface area (TPSA) is 92.9 Å². The lowest BCUT2D eigenvalue weighted by Gasteiger charge is -2.06. The lowest BCUT2D eigenvalue weighted by Crippen LogP contribution is -2.24. The summed E-state index contributed by atoms with van der Waals surface area (Å²) in [7, 11) is 0. The van der Waals surface area contributed by atoms with Gasteiger partial charge in [0.05, 0.1) is 12.4 Å². The molecule has 98 valence electrons. The lowest BCUT2D eigenvalue weighted by molar-refractivity contribution is 0.0945. The molecule has 0 aliphatic rings. The van der Waals surface area contributed by atoms with Crippen LogP contribution in [-0.4, -0.2) is 15.9 Å². The lowest BCUT2D eigenvalue weighted by atomic mass is 10.1. The van der Waals surface area contributed by atoms with Crippen LogP contribution in [0.25, 0.3) is 0 Å². The normalized spacial score (nSPS) is 10.0. The number of nitrogens with zero attached hydrogens (tertiary/aromatic N) is 2. The van der Waals surface area contributed by atoms with Crippen molar-refractivity contribution < 1.29 is 4.79 Å². The van der Waals surface area contributed by atoms with E-state index in [0.717, 1.165) is 11.1 Å². The van der Waals surface area contributed by atoms with Crippen LogP contribution in [0.1, 0.15) is 21.6 Å². The fourth-order valence-electron chi connectivity index (χ4n) is 1.64. The van der Waals surface area contributed by atoms with Gasteiger partial charge in [-0.05, 0) is 12.5 Å². The van der Waals surface area contributed by atoms with Crippen LogP contribution in [0.4, 0.5) is 5.82 Å². The zero-order chi connectivity index (χ0) is 13.7. The number of hydrogen-bond donors (Lipinski definition) is 3. The van der Waals surface area contributed by atoms with E-state index in [9.17, 15) is 4.79 Å². The molecule has 1 heterocycles. The number of aryl methyl sites for hydroxylation is 1. The highest BCUT2D eigenvalue weighted by Crippen LogP contribution is 2.04. The molecule has 2 aromatic rings. The molecule has 0 unspecified atom stereocenters. The predicted octanol–water partition coefficient (Wildman–Crippen LogP) is 1.00. The Hall–Kier alpha value is -2.47. The summed E-state index contributed by atoms with van der Waals surface area (Å²) in [5, 5.41) is 2.78. The van der Waals surface area contributed by atoms with Gasteiger partial charge in [-0.25, -0.2) is 10.8 Å². The molecule has 19 heavy (non-hydrogen) atoms. The van der Waals surface area contributed by atoms with Crippen molar-refractivity contribution in [1.82, 2.24) is 15.3 Å². The molecule has 6 heteroatoms. The second-order valence-electron chi connectivity index (χ2n) is 4.11. The number of amides is 1. The Morgan fingerprint density at radius 3 is 2.95 bits per heavy atom. The van der Waals surface area contributed by atoms with Crippen LogP contribution in [0.15, 0.2) is 36.7 Å². The quantitative estimate of drug-likeness (QED) is 0.561. The van der Waals surface area contributed by atoms with E-state index < -0.39 is 0 Å². The third-order valence-electron chi connectivity index (χ3n) is 2.55. The van der Waals surface area contributed by atoms with E-state index in [4.69, 9.17) is 5.84 Å². The van der Waals surface area contributed by atoms with Crippen molar-refractivity contribution in [2.75, 3.05) is 5.43 Å². The molecule has 0 aliphatic heterocycles. The molecule has 0 saturated heterocycles. The van der Waals surface area contributed by atoms with Crippen molar-refractivity contribution in [3.8, 4) is 0 Å². The van der Waals surface area contributed by atoms with Gasteiger partial charge in [0.15, 0.2) is 5.82 Å². The van der Waals surface area contributed by atoms with E-state index in [-0.39, 0.29) is 11.6 Å². The van der Waals surface area contributed by atoms with Crippen molar-refractivity contribution in [3.63, 3.8) is 0 Å². The Balaban J connectivity index is 2.01. The monoisotopic (exact) mass is 257 g/mol. The summed E-state index contributed by atoms with van der Waals surface area (Å²) in [6.45, 7) is 2.45. The minimum Gasteiger partial charge on any atom is -0.347 e. The van der Waals surface area contributed by atoms with Crippen LogP contribution >= 0.6 is 0 Å². The Morgan fingerprint density at radius 2 is 2.21 bits per heavy atom. The van der Waals surface area contributed by atoms with Crippen molar-refractivity contribution in [2.45, 2.75) is 13.5 Å². The fraction of sp³-hybridized carbons (Fsp3) is 0.154. The molecular formula is C13H15N5O. The maximum atomic E-state index is 11.9. The number of carbonyl (C=O) groups is 1. The van der Waals surface area contributed by atoms with Crippen LogP contribution in [0, 0.1) is 6.92 Å².